The normalized spacial score (nSPS) is 12.6. The van der Waals surface area contributed by atoms with Crippen molar-refractivity contribution in [1.82, 2.24) is 4.90 Å². The van der Waals surface area contributed by atoms with E-state index in [4.69, 9.17) is 9.47 Å². The van der Waals surface area contributed by atoms with Crippen molar-refractivity contribution in [1.29, 1.82) is 0 Å². The lowest BCUT2D eigenvalue weighted by molar-refractivity contribution is -0.149. The fourth-order valence-corrected chi connectivity index (χ4v) is 8.29. The van der Waals surface area contributed by atoms with Crippen LogP contribution in [0, 0.1) is 11.8 Å². The zero-order chi connectivity index (χ0) is 41.9. The molecule has 0 spiro atoms. The van der Waals surface area contributed by atoms with E-state index >= 15 is 0 Å². The molecule has 0 rings (SSSR count). The van der Waals surface area contributed by atoms with Gasteiger partial charge in [0.2, 0.25) is 0 Å². The fourth-order valence-electron chi connectivity index (χ4n) is 8.29. The van der Waals surface area contributed by atoms with E-state index in [0.29, 0.717) is 31.3 Å². The Morgan fingerprint density at radius 2 is 0.772 bits per heavy atom. The molecule has 0 aliphatic heterocycles. The standard InChI is InChI=1S/C51H99NO5/c1-6-11-15-19-22-30-38-47(37-28-17-13-8-3)49(53)41-32-24-21-25-33-43-52(45-36-42-50(54)56-10-5)44-34-26-27-35-46-57-51(55)48(39-29-18-14-9-4)40-31-23-20-16-12-7-2/h47-48H,6-46H2,1-5H3. The van der Waals surface area contributed by atoms with Crippen molar-refractivity contribution in [3.05, 3.63) is 0 Å². The predicted molar refractivity (Wildman–Crippen MR) is 245 cm³/mol. The molecule has 0 saturated carbocycles. The van der Waals surface area contributed by atoms with Crippen molar-refractivity contribution < 1.29 is 23.9 Å². The topological polar surface area (TPSA) is 72.9 Å². The summed E-state index contributed by atoms with van der Waals surface area (Å²) in [6, 6.07) is 0. The number of carbonyl (C=O) groups is 3. The van der Waals surface area contributed by atoms with Crippen LogP contribution in [0.4, 0.5) is 0 Å². The Balaban J connectivity index is 4.57. The van der Waals surface area contributed by atoms with Crippen LogP contribution in [0.3, 0.4) is 0 Å². The summed E-state index contributed by atoms with van der Waals surface area (Å²) in [5.74, 6) is 0.868. The third-order valence-electron chi connectivity index (χ3n) is 12.1. The van der Waals surface area contributed by atoms with E-state index in [1.165, 1.54) is 135 Å². The van der Waals surface area contributed by atoms with Crippen LogP contribution in [-0.2, 0) is 23.9 Å². The van der Waals surface area contributed by atoms with E-state index in [1.807, 2.05) is 6.92 Å². The summed E-state index contributed by atoms with van der Waals surface area (Å²) in [5.41, 5.74) is 0. The molecule has 57 heavy (non-hydrogen) atoms. The predicted octanol–water partition coefficient (Wildman–Crippen LogP) is 15.3. The lowest BCUT2D eigenvalue weighted by atomic mass is 9.88. The van der Waals surface area contributed by atoms with Crippen LogP contribution < -0.4 is 0 Å². The average molecular weight is 806 g/mol. The lowest BCUT2D eigenvalue weighted by Crippen LogP contribution is -2.28. The quantitative estimate of drug-likeness (QED) is 0.0451. The molecule has 6 nitrogen and oxygen atoms in total. The van der Waals surface area contributed by atoms with Crippen molar-refractivity contribution in [3.63, 3.8) is 0 Å². The van der Waals surface area contributed by atoms with E-state index in [0.717, 1.165) is 110 Å². The van der Waals surface area contributed by atoms with E-state index in [9.17, 15) is 14.4 Å². The SMILES string of the molecule is CCCCCCCCC(CCCCCC)C(=O)CCCCCCCN(CCCCCCOC(=O)C(CCCCCC)CCCCCCCC)CCCC(=O)OCC. The molecule has 0 amide bonds. The van der Waals surface area contributed by atoms with Gasteiger partial charge in [0.1, 0.15) is 5.78 Å². The molecule has 0 radical (unpaired) electrons. The maximum atomic E-state index is 13.2. The van der Waals surface area contributed by atoms with E-state index in [-0.39, 0.29) is 17.9 Å². The second-order valence-corrected chi connectivity index (χ2v) is 17.5. The number of hydrogen-bond donors (Lipinski definition) is 0. The highest BCUT2D eigenvalue weighted by Gasteiger charge is 2.20. The number of ketones is 1. The van der Waals surface area contributed by atoms with Crippen molar-refractivity contribution in [2.45, 2.75) is 266 Å². The second-order valence-electron chi connectivity index (χ2n) is 17.5. The molecule has 338 valence electrons. The first-order chi connectivity index (χ1) is 27.9. The maximum Gasteiger partial charge on any atom is 0.308 e. The molecule has 2 unspecified atom stereocenters. The molecule has 0 aromatic heterocycles. The van der Waals surface area contributed by atoms with Gasteiger partial charge in [-0.1, -0.05) is 188 Å². The average Bonchev–Trinajstić information content (AvgIpc) is 3.20. The number of rotatable bonds is 46. The summed E-state index contributed by atoms with van der Waals surface area (Å²) in [5, 5.41) is 0. The molecule has 0 aliphatic carbocycles. The number of carbonyl (C=O) groups excluding carboxylic acids is 3. The zero-order valence-corrected chi connectivity index (χ0v) is 39.1. The molecule has 0 N–H and O–H groups in total. The van der Waals surface area contributed by atoms with Crippen LogP contribution in [0.15, 0.2) is 0 Å². The van der Waals surface area contributed by atoms with Gasteiger partial charge in [-0.2, -0.15) is 0 Å². The summed E-state index contributed by atoms with van der Waals surface area (Å²) in [4.78, 5) is 40.8. The summed E-state index contributed by atoms with van der Waals surface area (Å²) >= 11 is 0. The minimum Gasteiger partial charge on any atom is -0.466 e. The van der Waals surface area contributed by atoms with Gasteiger partial charge in [-0.15, -0.1) is 0 Å². The lowest BCUT2D eigenvalue weighted by Gasteiger charge is -2.22. The van der Waals surface area contributed by atoms with E-state index in [1.54, 1.807) is 0 Å². The van der Waals surface area contributed by atoms with Gasteiger partial charge in [-0.05, 0) is 84.3 Å². The molecule has 2 atom stereocenters. The van der Waals surface area contributed by atoms with Crippen LogP contribution in [0.1, 0.15) is 266 Å². The molecule has 0 aliphatic rings. The molecule has 0 heterocycles. The van der Waals surface area contributed by atoms with Crippen LogP contribution in [-0.4, -0.2) is 55.5 Å². The van der Waals surface area contributed by atoms with Gasteiger partial charge in [0.15, 0.2) is 0 Å². The number of ether oxygens (including phenoxy) is 2. The minimum absolute atomic E-state index is 0.0462. The molecule has 0 aromatic rings. The van der Waals surface area contributed by atoms with Crippen molar-refractivity contribution in [2.75, 3.05) is 32.8 Å². The number of nitrogens with zero attached hydrogens (tertiary/aromatic N) is 1. The van der Waals surface area contributed by atoms with Crippen LogP contribution >= 0.6 is 0 Å². The molecule has 0 fully saturated rings. The van der Waals surface area contributed by atoms with Gasteiger partial charge >= 0.3 is 11.9 Å². The summed E-state index contributed by atoms with van der Waals surface area (Å²) in [7, 11) is 0. The Bertz CT molecular complexity index is 820. The number of unbranched alkanes of at least 4 members (excludes halogenated alkanes) is 23. The summed E-state index contributed by atoms with van der Waals surface area (Å²) < 4.78 is 11.0. The Hall–Kier alpha value is -1.43. The van der Waals surface area contributed by atoms with Gasteiger partial charge in [0.25, 0.3) is 0 Å². The van der Waals surface area contributed by atoms with Gasteiger partial charge in [-0.3, -0.25) is 14.4 Å². The molecule has 0 aromatic carbocycles. The van der Waals surface area contributed by atoms with Crippen molar-refractivity contribution in [2.24, 2.45) is 11.8 Å². The molecular weight excluding hydrogens is 707 g/mol. The first-order valence-electron chi connectivity index (χ1n) is 25.5. The zero-order valence-electron chi connectivity index (χ0n) is 39.1. The Morgan fingerprint density at radius 3 is 1.26 bits per heavy atom. The Labute approximate surface area is 355 Å². The minimum atomic E-state index is -0.0908. The smallest absolute Gasteiger partial charge is 0.308 e. The molecule has 0 bridgehead atoms. The van der Waals surface area contributed by atoms with Crippen LogP contribution in [0.5, 0.6) is 0 Å². The highest BCUT2D eigenvalue weighted by molar-refractivity contribution is 5.80. The van der Waals surface area contributed by atoms with Gasteiger partial charge in [0.05, 0.1) is 19.1 Å². The molecule has 0 saturated heterocycles. The van der Waals surface area contributed by atoms with Crippen molar-refractivity contribution >= 4 is 17.7 Å². The highest BCUT2D eigenvalue weighted by atomic mass is 16.5. The Morgan fingerprint density at radius 1 is 0.386 bits per heavy atom. The van der Waals surface area contributed by atoms with Gasteiger partial charge in [-0.25, -0.2) is 0 Å². The molecular formula is C51H99NO5. The third kappa shape index (κ3) is 37.3. The maximum absolute atomic E-state index is 13.2. The Kier molecular flexibility index (Phi) is 43.0. The molecule has 6 heteroatoms. The monoisotopic (exact) mass is 806 g/mol. The highest BCUT2D eigenvalue weighted by Crippen LogP contribution is 2.23. The first kappa shape index (κ1) is 55.6. The third-order valence-corrected chi connectivity index (χ3v) is 12.1. The number of Topliss-reactive ketones (excluding diaryl/α,β-unsaturated/α-hetero) is 1. The summed E-state index contributed by atoms with van der Waals surface area (Å²) in [6.07, 6.45) is 41.6. The number of hydrogen-bond acceptors (Lipinski definition) is 6. The van der Waals surface area contributed by atoms with E-state index < -0.39 is 0 Å². The largest absolute Gasteiger partial charge is 0.466 e. The second kappa shape index (κ2) is 44.1. The van der Waals surface area contributed by atoms with Gasteiger partial charge < -0.3 is 14.4 Å². The number of esters is 2. The first-order valence-corrected chi connectivity index (χ1v) is 25.5. The fraction of sp³-hybridized carbons (Fsp3) is 0.941. The van der Waals surface area contributed by atoms with E-state index in [2.05, 4.69) is 32.6 Å². The van der Waals surface area contributed by atoms with Crippen molar-refractivity contribution in [3.8, 4) is 0 Å². The van der Waals surface area contributed by atoms with Crippen LogP contribution in [0.2, 0.25) is 0 Å². The van der Waals surface area contributed by atoms with Crippen LogP contribution in [0.25, 0.3) is 0 Å². The van der Waals surface area contributed by atoms with Gasteiger partial charge in [0, 0.05) is 18.8 Å². The summed E-state index contributed by atoms with van der Waals surface area (Å²) in [6.45, 7) is 14.9.